The first-order valence-corrected chi connectivity index (χ1v) is 6.07. The molecule has 1 aliphatic heterocycles. The summed E-state index contributed by atoms with van der Waals surface area (Å²) >= 11 is 0. The van der Waals surface area contributed by atoms with Gasteiger partial charge in [-0.2, -0.15) is 0 Å². The highest BCUT2D eigenvalue weighted by Crippen LogP contribution is 2.06. The maximum atomic E-state index is 10.5. The van der Waals surface area contributed by atoms with Gasteiger partial charge in [-0.1, -0.05) is 0 Å². The van der Waals surface area contributed by atoms with Gasteiger partial charge in [0, 0.05) is 38.4 Å². The Kier molecular flexibility index (Phi) is 5.51. The fourth-order valence-electron chi connectivity index (χ4n) is 1.81. The molecule has 1 aliphatic rings. The highest BCUT2D eigenvalue weighted by Gasteiger charge is 2.17. The van der Waals surface area contributed by atoms with Gasteiger partial charge in [0.1, 0.15) is 0 Å². The first-order chi connectivity index (χ1) is 8.49. The second-order valence-corrected chi connectivity index (χ2v) is 4.47. The summed E-state index contributed by atoms with van der Waals surface area (Å²) in [6, 6.07) is 0. The van der Waals surface area contributed by atoms with Crippen molar-refractivity contribution in [2.45, 2.75) is 13.3 Å². The van der Waals surface area contributed by atoms with Gasteiger partial charge in [0.25, 0.3) is 0 Å². The van der Waals surface area contributed by atoms with Gasteiger partial charge in [0.2, 0.25) is 0 Å². The Morgan fingerprint density at radius 3 is 2.33 bits per heavy atom. The van der Waals surface area contributed by atoms with Crippen LogP contribution < -0.4 is 11.5 Å². The number of allylic oxidation sites excluding steroid dienone is 3. The number of rotatable bonds is 5. The molecule has 6 heteroatoms. The first kappa shape index (κ1) is 14.4. The molecule has 102 valence electrons. The standard InChI is InChI=1S/C12H22N4O2/c1-10(13)2-3-11(14)16-8-6-15(7-9-16)5-4-12(17)18/h2-3H,4-9,13-14H2,1H3,(H,17,18)/b10-2-,11-3+. The Labute approximate surface area is 108 Å². The first-order valence-electron chi connectivity index (χ1n) is 6.07. The minimum absolute atomic E-state index is 0.195. The maximum Gasteiger partial charge on any atom is 0.304 e. The smallest absolute Gasteiger partial charge is 0.304 e. The minimum Gasteiger partial charge on any atom is -0.481 e. The lowest BCUT2D eigenvalue weighted by Crippen LogP contribution is -2.47. The van der Waals surface area contributed by atoms with Crippen LogP contribution in [-0.4, -0.2) is 53.6 Å². The molecule has 0 atom stereocenters. The number of carbonyl (C=O) groups is 1. The molecule has 0 aromatic carbocycles. The number of carboxylic acids is 1. The summed E-state index contributed by atoms with van der Waals surface area (Å²) < 4.78 is 0. The van der Waals surface area contributed by atoms with Crippen molar-refractivity contribution in [2.24, 2.45) is 11.5 Å². The van der Waals surface area contributed by atoms with Crippen molar-refractivity contribution in [3.05, 3.63) is 23.7 Å². The molecular formula is C12H22N4O2. The van der Waals surface area contributed by atoms with E-state index in [1.54, 1.807) is 6.08 Å². The molecule has 0 aromatic rings. The molecule has 0 aromatic heterocycles. The number of nitrogens with zero attached hydrogens (tertiary/aromatic N) is 2. The summed E-state index contributed by atoms with van der Waals surface area (Å²) in [4.78, 5) is 14.7. The third-order valence-electron chi connectivity index (χ3n) is 2.90. The van der Waals surface area contributed by atoms with Crippen molar-refractivity contribution in [3.8, 4) is 0 Å². The molecule has 0 radical (unpaired) electrons. The van der Waals surface area contributed by atoms with Crippen molar-refractivity contribution in [1.29, 1.82) is 0 Å². The zero-order chi connectivity index (χ0) is 13.5. The monoisotopic (exact) mass is 254 g/mol. The number of nitrogens with two attached hydrogens (primary N) is 2. The molecular weight excluding hydrogens is 232 g/mol. The average Bonchev–Trinajstić information content (AvgIpc) is 2.34. The number of carboxylic acid groups (broad SMARTS) is 1. The van der Waals surface area contributed by atoms with E-state index in [0.717, 1.165) is 31.9 Å². The van der Waals surface area contributed by atoms with Crippen molar-refractivity contribution < 1.29 is 9.90 Å². The second-order valence-electron chi connectivity index (χ2n) is 4.47. The van der Waals surface area contributed by atoms with Gasteiger partial charge in [0.05, 0.1) is 12.2 Å². The molecule has 0 spiro atoms. The van der Waals surface area contributed by atoms with Crippen LogP contribution >= 0.6 is 0 Å². The van der Waals surface area contributed by atoms with E-state index >= 15 is 0 Å². The van der Waals surface area contributed by atoms with E-state index in [2.05, 4.69) is 9.80 Å². The molecule has 1 rings (SSSR count). The fourth-order valence-corrected chi connectivity index (χ4v) is 1.81. The molecule has 1 saturated heterocycles. The topological polar surface area (TPSA) is 95.8 Å². The maximum absolute atomic E-state index is 10.5. The second kappa shape index (κ2) is 6.90. The van der Waals surface area contributed by atoms with Crippen LogP contribution in [0.2, 0.25) is 0 Å². The quantitative estimate of drug-likeness (QED) is 0.585. The molecule has 0 aliphatic carbocycles. The predicted molar refractivity (Wildman–Crippen MR) is 70.5 cm³/mol. The van der Waals surface area contributed by atoms with Gasteiger partial charge in [0.15, 0.2) is 0 Å². The lowest BCUT2D eigenvalue weighted by Gasteiger charge is -2.35. The Hall–Kier alpha value is -1.69. The normalized spacial score (nSPS) is 19.1. The lowest BCUT2D eigenvalue weighted by atomic mass is 10.3. The van der Waals surface area contributed by atoms with Crippen LogP contribution in [0.15, 0.2) is 23.7 Å². The molecule has 0 saturated carbocycles. The van der Waals surface area contributed by atoms with Crippen LogP contribution in [0.3, 0.4) is 0 Å². The Bertz CT molecular complexity index is 340. The van der Waals surface area contributed by atoms with Crippen LogP contribution in [0.4, 0.5) is 0 Å². The van der Waals surface area contributed by atoms with Crippen molar-refractivity contribution in [1.82, 2.24) is 9.80 Å². The van der Waals surface area contributed by atoms with Gasteiger partial charge in [-0.15, -0.1) is 0 Å². The molecule has 0 bridgehead atoms. The van der Waals surface area contributed by atoms with Crippen LogP contribution in [0, 0.1) is 0 Å². The number of aliphatic carboxylic acids is 1. The molecule has 5 N–H and O–H groups in total. The summed E-state index contributed by atoms with van der Waals surface area (Å²) in [5.41, 5.74) is 12.2. The summed E-state index contributed by atoms with van der Waals surface area (Å²) in [5.74, 6) is -0.0434. The van der Waals surface area contributed by atoms with Gasteiger partial charge in [-0.25, -0.2) is 0 Å². The Balaban J connectivity index is 2.37. The van der Waals surface area contributed by atoms with E-state index < -0.39 is 5.97 Å². The van der Waals surface area contributed by atoms with E-state index in [4.69, 9.17) is 16.6 Å². The minimum atomic E-state index is -0.750. The summed E-state index contributed by atoms with van der Waals surface area (Å²) in [5, 5.41) is 8.62. The molecule has 6 nitrogen and oxygen atoms in total. The highest BCUT2D eigenvalue weighted by atomic mass is 16.4. The van der Waals surface area contributed by atoms with Gasteiger partial charge in [-0.3, -0.25) is 9.69 Å². The molecule has 0 unspecified atom stereocenters. The van der Waals surface area contributed by atoms with Crippen molar-refractivity contribution in [2.75, 3.05) is 32.7 Å². The zero-order valence-electron chi connectivity index (χ0n) is 10.8. The zero-order valence-corrected chi connectivity index (χ0v) is 10.8. The summed E-state index contributed by atoms with van der Waals surface area (Å²) in [7, 11) is 0. The third kappa shape index (κ3) is 5.09. The number of hydrogen-bond acceptors (Lipinski definition) is 5. The van der Waals surface area contributed by atoms with Crippen LogP contribution in [0.1, 0.15) is 13.3 Å². The fraction of sp³-hybridized carbons (Fsp3) is 0.583. The van der Waals surface area contributed by atoms with Crippen molar-refractivity contribution >= 4 is 5.97 Å². The van der Waals surface area contributed by atoms with Crippen molar-refractivity contribution in [3.63, 3.8) is 0 Å². The number of piperazine rings is 1. The number of hydrogen-bond donors (Lipinski definition) is 3. The lowest BCUT2D eigenvalue weighted by molar-refractivity contribution is -0.137. The third-order valence-corrected chi connectivity index (χ3v) is 2.90. The molecule has 1 fully saturated rings. The van der Waals surface area contributed by atoms with E-state index in [9.17, 15) is 4.79 Å². The summed E-state index contributed by atoms with van der Waals surface area (Å²) in [6.07, 6.45) is 3.79. The van der Waals surface area contributed by atoms with Gasteiger partial charge >= 0.3 is 5.97 Å². The van der Waals surface area contributed by atoms with E-state index in [1.807, 2.05) is 13.0 Å². The van der Waals surface area contributed by atoms with Crippen LogP contribution in [0.5, 0.6) is 0 Å². The van der Waals surface area contributed by atoms with Crippen LogP contribution in [-0.2, 0) is 4.79 Å². The predicted octanol–water partition coefficient (Wildman–Crippen LogP) is -0.259. The van der Waals surface area contributed by atoms with Gasteiger partial charge in [-0.05, 0) is 19.1 Å². The molecule has 0 amide bonds. The van der Waals surface area contributed by atoms with Gasteiger partial charge < -0.3 is 21.5 Å². The van der Waals surface area contributed by atoms with E-state index in [-0.39, 0.29) is 6.42 Å². The largest absolute Gasteiger partial charge is 0.481 e. The summed E-state index contributed by atoms with van der Waals surface area (Å²) in [6.45, 7) is 5.74. The Morgan fingerprint density at radius 1 is 1.22 bits per heavy atom. The molecule has 1 heterocycles. The SMILES string of the molecule is C/C(N)=C/C=C(\N)N1CCN(CCC(=O)O)CC1. The van der Waals surface area contributed by atoms with E-state index in [1.165, 1.54) is 0 Å². The molecule has 18 heavy (non-hydrogen) atoms. The Morgan fingerprint density at radius 2 is 1.83 bits per heavy atom. The average molecular weight is 254 g/mol. The van der Waals surface area contributed by atoms with Crippen LogP contribution in [0.25, 0.3) is 0 Å². The van der Waals surface area contributed by atoms with E-state index in [0.29, 0.717) is 12.4 Å². The highest BCUT2D eigenvalue weighted by molar-refractivity contribution is 5.66.